The van der Waals surface area contributed by atoms with E-state index >= 15 is 0 Å². The van der Waals surface area contributed by atoms with Crippen LogP contribution in [0.25, 0.3) is 0 Å². The Balaban J connectivity index is 2.34. The highest BCUT2D eigenvalue weighted by Crippen LogP contribution is 2.15. The Bertz CT molecular complexity index is 382. The number of benzene rings is 1. The fraction of sp³-hybridized carbons (Fsp3) is 0.250. The second kappa shape index (κ2) is 6.18. The molecule has 0 aliphatic rings. The Morgan fingerprint density at radius 1 is 1.44 bits per heavy atom. The number of hydrogen-bond acceptors (Lipinski definition) is 3. The molecule has 1 rings (SSSR count). The lowest BCUT2D eigenvalue weighted by atomic mass is 10.2. The van der Waals surface area contributed by atoms with Crippen molar-refractivity contribution in [2.24, 2.45) is 0 Å². The van der Waals surface area contributed by atoms with Crippen LogP contribution in [0, 0.1) is 0 Å². The summed E-state index contributed by atoms with van der Waals surface area (Å²) < 4.78 is 5.37. The zero-order valence-corrected chi connectivity index (χ0v) is 9.66. The van der Waals surface area contributed by atoms with Gasteiger partial charge in [-0.05, 0) is 36.8 Å². The summed E-state index contributed by atoms with van der Waals surface area (Å²) in [6, 6.07) is 6.99. The summed E-state index contributed by atoms with van der Waals surface area (Å²) in [5, 5.41) is 11.0. The van der Waals surface area contributed by atoms with Gasteiger partial charge >= 0.3 is 0 Å². The smallest absolute Gasteiger partial charge is 0.119 e. The molecule has 0 saturated heterocycles. The monoisotopic (exact) mass is 239 g/mol. The number of carboxylic acid groups (broad SMARTS) is 1. The van der Waals surface area contributed by atoms with E-state index in [-0.39, 0.29) is 5.57 Å². The molecule has 0 heterocycles. The molecule has 0 unspecified atom stereocenters. The summed E-state index contributed by atoms with van der Waals surface area (Å²) in [6.07, 6.45) is 2.10. The first kappa shape index (κ1) is 12.6. The Morgan fingerprint density at radius 2 is 2.06 bits per heavy atom. The van der Waals surface area contributed by atoms with Gasteiger partial charge in [-0.2, -0.15) is 0 Å². The summed E-state index contributed by atoms with van der Waals surface area (Å²) in [5.41, 5.74) is 0.222. The Morgan fingerprint density at radius 3 is 2.62 bits per heavy atom. The minimum Gasteiger partial charge on any atom is -0.545 e. The first-order valence-electron chi connectivity index (χ1n) is 4.86. The van der Waals surface area contributed by atoms with Gasteiger partial charge in [-0.1, -0.05) is 17.7 Å². The third kappa shape index (κ3) is 4.36. The molecule has 1 aromatic carbocycles. The molecule has 0 aliphatic carbocycles. The number of halogens is 1. The van der Waals surface area contributed by atoms with Crippen LogP contribution < -0.4 is 9.84 Å². The van der Waals surface area contributed by atoms with Gasteiger partial charge in [0.15, 0.2) is 0 Å². The van der Waals surface area contributed by atoms with Crippen LogP contribution in [0.4, 0.5) is 0 Å². The number of ether oxygens (including phenoxy) is 1. The summed E-state index contributed by atoms with van der Waals surface area (Å²) in [6.45, 7) is 1.92. The summed E-state index contributed by atoms with van der Waals surface area (Å²) in [4.78, 5) is 10.4. The highest BCUT2D eigenvalue weighted by atomic mass is 35.5. The van der Waals surface area contributed by atoms with Crippen LogP contribution in [-0.4, -0.2) is 12.6 Å². The van der Waals surface area contributed by atoms with Crippen molar-refractivity contribution in [1.29, 1.82) is 0 Å². The summed E-state index contributed by atoms with van der Waals surface area (Å²) in [7, 11) is 0. The van der Waals surface area contributed by atoms with E-state index in [9.17, 15) is 9.90 Å². The lowest BCUT2D eigenvalue weighted by Crippen LogP contribution is -2.23. The number of carbonyl (C=O) groups is 1. The third-order valence-electron chi connectivity index (χ3n) is 1.97. The van der Waals surface area contributed by atoms with Crippen molar-refractivity contribution in [3.8, 4) is 5.75 Å². The van der Waals surface area contributed by atoms with Crippen molar-refractivity contribution in [3.05, 3.63) is 40.9 Å². The zero-order valence-electron chi connectivity index (χ0n) is 8.90. The maximum atomic E-state index is 10.4. The van der Waals surface area contributed by atoms with Gasteiger partial charge in [0.25, 0.3) is 0 Å². The van der Waals surface area contributed by atoms with E-state index < -0.39 is 5.97 Å². The molecular formula is C12H12ClO3-. The zero-order chi connectivity index (χ0) is 12.0. The largest absolute Gasteiger partial charge is 0.545 e. The average Bonchev–Trinajstić information content (AvgIpc) is 2.26. The molecular weight excluding hydrogens is 228 g/mol. The van der Waals surface area contributed by atoms with Crippen LogP contribution in [0.15, 0.2) is 35.9 Å². The number of carboxylic acids is 1. The fourth-order valence-corrected chi connectivity index (χ4v) is 1.19. The van der Waals surface area contributed by atoms with Gasteiger partial charge in [0.1, 0.15) is 5.75 Å². The molecule has 0 atom stereocenters. The van der Waals surface area contributed by atoms with Crippen LogP contribution in [-0.2, 0) is 4.79 Å². The molecule has 0 radical (unpaired) electrons. The molecule has 0 N–H and O–H groups in total. The second-order valence-electron chi connectivity index (χ2n) is 3.27. The Labute approximate surface area is 99.3 Å². The first-order valence-corrected chi connectivity index (χ1v) is 5.24. The molecule has 0 spiro atoms. The molecule has 86 valence electrons. The minimum atomic E-state index is -1.15. The number of hydrogen-bond donors (Lipinski definition) is 0. The lowest BCUT2D eigenvalue weighted by Gasteiger charge is -2.05. The van der Waals surface area contributed by atoms with Crippen LogP contribution in [0.3, 0.4) is 0 Å². The highest BCUT2D eigenvalue weighted by Gasteiger charge is 1.93. The Kier molecular flexibility index (Phi) is 4.86. The van der Waals surface area contributed by atoms with Crippen LogP contribution in [0.1, 0.15) is 13.3 Å². The molecule has 0 amide bonds. The maximum absolute atomic E-state index is 10.4. The SMILES string of the molecule is CC(=CCCOc1ccc(Cl)cc1)C(=O)[O-]. The predicted octanol–water partition coefficient (Wildman–Crippen LogP) is 1.81. The average molecular weight is 240 g/mol. The van der Waals surface area contributed by atoms with Gasteiger partial charge in [-0.15, -0.1) is 0 Å². The van der Waals surface area contributed by atoms with Gasteiger partial charge in [-0.3, -0.25) is 0 Å². The van der Waals surface area contributed by atoms with Gasteiger partial charge < -0.3 is 14.6 Å². The number of rotatable bonds is 5. The predicted molar refractivity (Wildman–Crippen MR) is 60.3 cm³/mol. The van der Waals surface area contributed by atoms with Crippen molar-refractivity contribution in [1.82, 2.24) is 0 Å². The van der Waals surface area contributed by atoms with E-state index in [0.717, 1.165) is 0 Å². The second-order valence-corrected chi connectivity index (χ2v) is 3.70. The first-order chi connectivity index (χ1) is 7.59. The minimum absolute atomic E-state index is 0.222. The van der Waals surface area contributed by atoms with E-state index in [2.05, 4.69) is 0 Å². The quantitative estimate of drug-likeness (QED) is 0.582. The third-order valence-corrected chi connectivity index (χ3v) is 2.22. The molecule has 3 nitrogen and oxygen atoms in total. The van der Waals surface area contributed by atoms with Gasteiger partial charge in [0.2, 0.25) is 0 Å². The van der Waals surface area contributed by atoms with E-state index in [1.807, 2.05) is 0 Å². The van der Waals surface area contributed by atoms with Crippen LogP contribution >= 0.6 is 11.6 Å². The van der Waals surface area contributed by atoms with E-state index in [1.165, 1.54) is 6.92 Å². The molecule has 1 aromatic rings. The fourth-order valence-electron chi connectivity index (χ4n) is 1.07. The number of aliphatic carboxylic acids is 1. The molecule has 0 fully saturated rings. The van der Waals surface area contributed by atoms with E-state index in [0.29, 0.717) is 23.8 Å². The number of carbonyl (C=O) groups excluding carboxylic acids is 1. The topological polar surface area (TPSA) is 49.4 Å². The molecule has 0 aliphatic heterocycles. The molecule has 4 heteroatoms. The van der Waals surface area contributed by atoms with Crippen molar-refractivity contribution in [3.63, 3.8) is 0 Å². The van der Waals surface area contributed by atoms with E-state index in [4.69, 9.17) is 16.3 Å². The molecule has 16 heavy (non-hydrogen) atoms. The van der Waals surface area contributed by atoms with Gasteiger partial charge in [0.05, 0.1) is 12.6 Å². The standard InChI is InChI=1S/C12H13ClO3/c1-9(12(14)15)3-2-8-16-11-6-4-10(13)5-7-11/h3-7H,2,8H2,1H3,(H,14,15)/p-1. The van der Waals surface area contributed by atoms with E-state index in [1.54, 1.807) is 30.3 Å². The lowest BCUT2D eigenvalue weighted by molar-refractivity contribution is -0.299. The maximum Gasteiger partial charge on any atom is 0.119 e. The van der Waals surface area contributed by atoms with Crippen molar-refractivity contribution >= 4 is 17.6 Å². The van der Waals surface area contributed by atoms with Crippen molar-refractivity contribution < 1.29 is 14.6 Å². The highest BCUT2D eigenvalue weighted by molar-refractivity contribution is 6.30. The van der Waals surface area contributed by atoms with Crippen LogP contribution in [0.5, 0.6) is 5.75 Å². The van der Waals surface area contributed by atoms with Crippen molar-refractivity contribution in [2.75, 3.05) is 6.61 Å². The van der Waals surface area contributed by atoms with Crippen molar-refractivity contribution in [2.45, 2.75) is 13.3 Å². The molecule has 0 bridgehead atoms. The Hall–Kier alpha value is -1.48. The summed E-state index contributed by atoms with van der Waals surface area (Å²) >= 11 is 5.71. The van der Waals surface area contributed by atoms with Crippen LogP contribution in [0.2, 0.25) is 5.02 Å². The molecule has 0 aromatic heterocycles. The normalized spacial score (nSPS) is 11.2. The summed E-state index contributed by atoms with van der Waals surface area (Å²) in [5.74, 6) is -0.435. The molecule has 0 saturated carbocycles. The van der Waals surface area contributed by atoms with Gasteiger partial charge in [0, 0.05) is 11.4 Å². The van der Waals surface area contributed by atoms with Gasteiger partial charge in [-0.25, -0.2) is 0 Å².